The van der Waals surface area contributed by atoms with E-state index in [0.717, 1.165) is 6.42 Å². The van der Waals surface area contributed by atoms with Gasteiger partial charge < -0.3 is 0 Å². The van der Waals surface area contributed by atoms with Gasteiger partial charge >= 0.3 is 0 Å². The molecule has 30 heavy (non-hydrogen) atoms. The fraction of sp³-hybridized carbons (Fsp3) is 0.414. The first-order valence-corrected chi connectivity index (χ1v) is 11.4. The first-order chi connectivity index (χ1) is 14.3. The second-order valence-corrected chi connectivity index (χ2v) is 11.0. The fourth-order valence-electron chi connectivity index (χ4n) is 7.29. The number of Topliss-reactive ketones (excluding diaryl/α,β-unsaturated/α-hetero) is 1. The summed E-state index contributed by atoms with van der Waals surface area (Å²) in [5, 5.41) is 0. The highest BCUT2D eigenvalue weighted by Crippen LogP contribution is 2.77. The third-order valence-electron chi connectivity index (χ3n) is 8.48. The molecule has 0 aliphatic heterocycles. The van der Waals surface area contributed by atoms with Crippen molar-refractivity contribution in [1.82, 2.24) is 0 Å². The van der Waals surface area contributed by atoms with Crippen molar-refractivity contribution in [2.45, 2.75) is 58.3 Å². The highest BCUT2D eigenvalue weighted by molar-refractivity contribution is 5.84. The molecule has 0 saturated heterocycles. The van der Waals surface area contributed by atoms with Crippen LogP contribution in [0.25, 0.3) is 0 Å². The first kappa shape index (κ1) is 18.4. The van der Waals surface area contributed by atoms with Crippen LogP contribution in [0.3, 0.4) is 0 Å². The molecular weight excluding hydrogens is 364 g/mol. The molecule has 0 fully saturated rings. The van der Waals surface area contributed by atoms with Crippen molar-refractivity contribution in [2.75, 3.05) is 0 Å². The molecule has 152 valence electrons. The topological polar surface area (TPSA) is 17.1 Å². The van der Waals surface area contributed by atoms with Gasteiger partial charge in [-0.1, -0.05) is 94.0 Å². The summed E-state index contributed by atoms with van der Waals surface area (Å²) in [5.41, 5.74) is 9.03. The summed E-state index contributed by atoms with van der Waals surface area (Å²) >= 11 is 0. The van der Waals surface area contributed by atoms with Crippen molar-refractivity contribution < 1.29 is 4.79 Å². The van der Waals surface area contributed by atoms with Gasteiger partial charge in [-0.15, -0.1) is 0 Å². The van der Waals surface area contributed by atoms with E-state index in [2.05, 4.69) is 88.4 Å². The zero-order valence-electron chi connectivity index (χ0n) is 18.4. The van der Waals surface area contributed by atoms with E-state index in [1.54, 1.807) is 5.57 Å². The van der Waals surface area contributed by atoms with Gasteiger partial charge in [0, 0.05) is 29.6 Å². The Balaban J connectivity index is 1.58. The fourth-order valence-corrected chi connectivity index (χ4v) is 7.29. The minimum absolute atomic E-state index is 0.149. The molecule has 0 amide bonds. The van der Waals surface area contributed by atoms with E-state index in [4.69, 9.17) is 0 Å². The third-order valence-corrected chi connectivity index (χ3v) is 8.48. The number of rotatable bonds is 2. The van der Waals surface area contributed by atoms with E-state index >= 15 is 0 Å². The van der Waals surface area contributed by atoms with E-state index in [1.165, 1.54) is 27.8 Å². The van der Waals surface area contributed by atoms with Crippen LogP contribution in [0, 0.1) is 16.7 Å². The molecule has 0 radical (unpaired) electrons. The number of carbonyl (C=O) groups is 1. The molecule has 2 aromatic carbocycles. The molecule has 0 heterocycles. The Morgan fingerprint density at radius 2 is 1.43 bits per heavy atom. The monoisotopic (exact) mass is 394 g/mol. The zero-order chi connectivity index (χ0) is 20.8. The number of benzene rings is 2. The number of hydrogen-bond donors (Lipinski definition) is 0. The van der Waals surface area contributed by atoms with Gasteiger partial charge in [-0.25, -0.2) is 0 Å². The van der Waals surface area contributed by atoms with Gasteiger partial charge in [0.05, 0.1) is 0 Å². The van der Waals surface area contributed by atoms with Gasteiger partial charge in [-0.2, -0.15) is 0 Å². The van der Waals surface area contributed by atoms with Gasteiger partial charge in [0.15, 0.2) is 0 Å². The molecule has 2 aromatic rings. The normalized spacial score (nSPS) is 32.7. The van der Waals surface area contributed by atoms with Crippen molar-refractivity contribution in [2.24, 2.45) is 16.7 Å². The average Bonchev–Trinajstić information content (AvgIpc) is 3.24. The van der Waals surface area contributed by atoms with Crippen molar-refractivity contribution in [3.8, 4) is 0 Å². The predicted octanol–water partition coefficient (Wildman–Crippen LogP) is 6.91. The zero-order valence-corrected chi connectivity index (χ0v) is 18.4. The van der Waals surface area contributed by atoms with E-state index < -0.39 is 0 Å². The summed E-state index contributed by atoms with van der Waals surface area (Å²) in [4.78, 5) is 13.1. The second kappa shape index (κ2) is 5.84. The molecule has 0 bridgehead atoms. The van der Waals surface area contributed by atoms with Gasteiger partial charge in [0.2, 0.25) is 0 Å². The lowest BCUT2D eigenvalue weighted by Crippen LogP contribution is -2.27. The maximum atomic E-state index is 13.1. The number of hydrogen-bond acceptors (Lipinski definition) is 1. The van der Waals surface area contributed by atoms with Crippen LogP contribution in [-0.4, -0.2) is 5.78 Å². The Morgan fingerprint density at radius 1 is 0.900 bits per heavy atom. The Labute approximate surface area is 179 Å². The minimum Gasteiger partial charge on any atom is -0.299 e. The standard InChI is InChI=1S/C29H30O/c1-28(2,3)23(30)16-17-10-9-15-22-24(17)27-21-14-8-7-13-20(21)25-18-11-5-6-12-19(18)26(22)29(25,27)4/h5-9,11-15,17,25-27H,10,16H2,1-4H3/t17-,25+,26-,27+,29-/m0/s1. The third kappa shape index (κ3) is 2.11. The summed E-state index contributed by atoms with van der Waals surface area (Å²) in [6.07, 6.45) is 6.41. The summed E-state index contributed by atoms with van der Waals surface area (Å²) in [5.74, 6) is 2.05. The summed E-state index contributed by atoms with van der Waals surface area (Å²) in [7, 11) is 0. The van der Waals surface area contributed by atoms with Crippen LogP contribution in [0.4, 0.5) is 0 Å². The van der Waals surface area contributed by atoms with Crippen molar-refractivity contribution in [1.29, 1.82) is 0 Å². The molecule has 0 aromatic heterocycles. The van der Waals surface area contributed by atoms with Crippen molar-refractivity contribution in [3.63, 3.8) is 0 Å². The molecule has 1 heteroatoms. The molecule has 4 aliphatic carbocycles. The summed E-state index contributed by atoms with van der Waals surface area (Å²) in [6.45, 7) is 8.71. The summed E-state index contributed by atoms with van der Waals surface area (Å²) < 4.78 is 0. The second-order valence-electron chi connectivity index (χ2n) is 11.0. The Morgan fingerprint density at radius 3 is 2.00 bits per heavy atom. The lowest BCUT2D eigenvalue weighted by molar-refractivity contribution is -0.127. The van der Waals surface area contributed by atoms with Crippen LogP contribution in [0.2, 0.25) is 0 Å². The van der Waals surface area contributed by atoms with Crippen molar-refractivity contribution >= 4 is 5.78 Å². The lowest BCUT2D eigenvalue weighted by Gasteiger charge is -2.34. The Kier molecular flexibility index (Phi) is 3.58. The van der Waals surface area contributed by atoms with Gasteiger partial charge in [0.25, 0.3) is 0 Å². The lowest BCUT2D eigenvalue weighted by atomic mass is 9.68. The van der Waals surface area contributed by atoms with Crippen LogP contribution in [-0.2, 0) is 4.79 Å². The highest BCUT2D eigenvalue weighted by atomic mass is 16.1. The van der Waals surface area contributed by atoms with Crippen molar-refractivity contribution in [3.05, 3.63) is 94.1 Å². The molecule has 0 N–H and O–H groups in total. The molecule has 0 saturated carbocycles. The highest BCUT2D eigenvalue weighted by Gasteiger charge is 2.65. The van der Waals surface area contributed by atoms with Crippen LogP contribution in [0.15, 0.2) is 71.8 Å². The van der Waals surface area contributed by atoms with Gasteiger partial charge in [-0.05, 0) is 45.6 Å². The predicted molar refractivity (Wildman–Crippen MR) is 122 cm³/mol. The van der Waals surface area contributed by atoms with Gasteiger partial charge in [0.1, 0.15) is 5.78 Å². The Bertz CT molecular complexity index is 1140. The summed E-state index contributed by atoms with van der Waals surface area (Å²) in [6, 6.07) is 18.3. The molecule has 6 rings (SSSR count). The molecule has 0 unspecified atom stereocenters. The largest absolute Gasteiger partial charge is 0.299 e. The molecule has 5 atom stereocenters. The van der Waals surface area contributed by atoms with Crippen LogP contribution in [0.1, 0.15) is 80.5 Å². The molecule has 1 nitrogen and oxygen atoms in total. The van der Waals surface area contributed by atoms with E-state index in [1.807, 2.05) is 0 Å². The smallest absolute Gasteiger partial charge is 0.138 e. The number of fused-ring (bicyclic) bond motifs is 8. The number of carbonyl (C=O) groups excluding carboxylic acids is 1. The maximum Gasteiger partial charge on any atom is 0.138 e. The van der Waals surface area contributed by atoms with Crippen LogP contribution < -0.4 is 0 Å². The Hall–Kier alpha value is -2.41. The SMILES string of the molecule is CC(C)(C)C(=O)C[C@@H]1CC=CC2=C1[C@H]1c3ccccc3[C@H]3c4ccccc4[C@@H]2[C@]31C. The first-order valence-electron chi connectivity index (χ1n) is 11.4. The van der Waals surface area contributed by atoms with Crippen LogP contribution in [0.5, 0.6) is 0 Å². The molecule has 4 aliphatic rings. The number of ketones is 1. The quantitative estimate of drug-likeness (QED) is 0.541. The molecule has 0 spiro atoms. The maximum absolute atomic E-state index is 13.1. The minimum atomic E-state index is -0.275. The van der Waals surface area contributed by atoms with Gasteiger partial charge in [-0.3, -0.25) is 4.79 Å². The van der Waals surface area contributed by atoms with E-state index in [0.29, 0.717) is 35.9 Å². The molecular formula is C29H30O. The van der Waals surface area contributed by atoms with E-state index in [-0.39, 0.29) is 10.8 Å². The van der Waals surface area contributed by atoms with Crippen LogP contribution >= 0.6 is 0 Å². The van der Waals surface area contributed by atoms with E-state index in [9.17, 15) is 4.79 Å². The average molecular weight is 395 g/mol. The number of allylic oxidation sites excluding steroid dienone is 4.